The third kappa shape index (κ3) is 1.91. The highest BCUT2D eigenvalue weighted by atomic mass is 16.5. The lowest BCUT2D eigenvalue weighted by Gasteiger charge is -2.37. The van der Waals surface area contributed by atoms with Gasteiger partial charge in [-0.3, -0.25) is 0 Å². The van der Waals surface area contributed by atoms with Crippen LogP contribution in [0.5, 0.6) is 11.5 Å². The fraction of sp³-hybridized carbons (Fsp3) is 0.455. The lowest BCUT2D eigenvalue weighted by atomic mass is 9.89. The van der Waals surface area contributed by atoms with Gasteiger partial charge in [0.25, 0.3) is 0 Å². The SMILES string of the molecule is COc1cccc(CC2(O)CNC2)c1O. The Kier molecular flexibility index (Phi) is 2.54. The van der Waals surface area contributed by atoms with Crippen molar-refractivity contribution < 1.29 is 14.9 Å². The zero-order valence-electron chi connectivity index (χ0n) is 8.66. The molecule has 0 saturated carbocycles. The summed E-state index contributed by atoms with van der Waals surface area (Å²) in [5, 5.41) is 22.8. The third-order valence-corrected chi connectivity index (χ3v) is 2.73. The molecule has 1 heterocycles. The minimum Gasteiger partial charge on any atom is -0.504 e. The highest BCUT2D eigenvalue weighted by molar-refractivity contribution is 5.46. The predicted octanol–water partition coefficient (Wildman–Crippen LogP) is 0.278. The molecule has 2 rings (SSSR count). The summed E-state index contributed by atoms with van der Waals surface area (Å²) in [6.45, 7) is 1.15. The molecule has 0 bridgehead atoms. The Balaban J connectivity index is 2.20. The first-order valence-corrected chi connectivity index (χ1v) is 4.92. The minimum atomic E-state index is -0.718. The fourth-order valence-electron chi connectivity index (χ4n) is 1.77. The Bertz CT molecular complexity index is 361. The highest BCUT2D eigenvalue weighted by Gasteiger charge is 2.35. The normalized spacial score (nSPS) is 18.3. The number of benzene rings is 1. The highest BCUT2D eigenvalue weighted by Crippen LogP contribution is 2.32. The topological polar surface area (TPSA) is 61.7 Å². The summed E-state index contributed by atoms with van der Waals surface area (Å²) in [5.41, 5.74) is 0.00229. The van der Waals surface area contributed by atoms with Crippen molar-refractivity contribution in [3.8, 4) is 11.5 Å². The summed E-state index contributed by atoms with van der Waals surface area (Å²) in [6, 6.07) is 5.30. The van der Waals surface area contributed by atoms with E-state index in [1.54, 1.807) is 12.1 Å². The van der Waals surface area contributed by atoms with Crippen molar-refractivity contribution in [2.45, 2.75) is 12.0 Å². The van der Waals surface area contributed by atoms with E-state index in [9.17, 15) is 10.2 Å². The number of hydrogen-bond donors (Lipinski definition) is 3. The van der Waals surface area contributed by atoms with Crippen molar-refractivity contribution in [1.82, 2.24) is 5.32 Å². The second-order valence-corrected chi connectivity index (χ2v) is 3.97. The number of nitrogens with one attached hydrogen (secondary N) is 1. The molecular weight excluding hydrogens is 194 g/mol. The van der Waals surface area contributed by atoms with Gasteiger partial charge in [-0.05, 0) is 6.07 Å². The number of phenolic OH excluding ortho intramolecular Hbond substituents is 1. The number of para-hydroxylation sites is 1. The first kappa shape index (κ1) is 10.3. The lowest BCUT2D eigenvalue weighted by molar-refractivity contribution is -0.00948. The van der Waals surface area contributed by atoms with Crippen LogP contribution in [0.1, 0.15) is 5.56 Å². The van der Waals surface area contributed by atoms with Crippen LogP contribution in [0.2, 0.25) is 0 Å². The van der Waals surface area contributed by atoms with Crippen LogP contribution in [0.3, 0.4) is 0 Å². The molecule has 0 aliphatic carbocycles. The van der Waals surface area contributed by atoms with Crippen LogP contribution < -0.4 is 10.1 Å². The smallest absolute Gasteiger partial charge is 0.161 e. The van der Waals surface area contributed by atoms with Crippen molar-refractivity contribution >= 4 is 0 Å². The molecule has 4 heteroatoms. The van der Waals surface area contributed by atoms with Crippen molar-refractivity contribution in [3.63, 3.8) is 0 Å². The number of aliphatic hydroxyl groups is 1. The van der Waals surface area contributed by atoms with Crippen LogP contribution in [0.15, 0.2) is 18.2 Å². The number of phenols is 1. The van der Waals surface area contributed by atoms with Crippen LogP contribution >= 0.6 is 0 Å². The van der Waals surface area contributed by atoms with Crippen LogP contribution in [-0.2, 0) is 6.42 Å². The van der Waals surface area contributed by atoms with Crippen LogP contribution in [0.25, 0.3) is 0 Å². The van der Waals surface area contributed by atoms with E-state index in [1.807, 2.05) is 6.07 Å². The van der Waals surface area contributed by atoms with Gasteiger partial charge in [0.1, 0.15) is 0 Å². The van der Waals surface area contributed by atoms with Crippen LogP contribution in [0, 0.1) is 0 Å². The van der Waals surface area contributed by atoms with E-state index < -0.39 is 5.60 Å². The number of rotatable bonds is 3. The molecule has 1 aliphatic heterocycles. The van der Waals surface area contributed by atoms with Gasteiger partial charge in [-0.25, -0.2) is 0 Å². The third-order valence-electron chi connectivity index (χ3n) is 2.73. The number of ether oxygens (including phenoxy) is 1. The molecule has 82 valence electrons. The first-order chi connectivity index (χ1) is 7.14. The Morgan fingerprint density at radius 1 is 1.47 bits per heavy atom. The molecular formula is C11H15NO3. The molecule has 0 radical (unpaired) electrons. The maximum Gasteiger partial charge on any atom is 0.161 e. The number of aromatic hydroxyl groups is 1. The predicted molar refractivity (Wildman–Crippen MR) is 56.2 cm³/mol. The van der Waals surface area contributed by atoms with Gasteiger partial charge in [-0.2, -0.15) is 0 Å². The largest absolute Gasteiger partial charge is 0.504 e. The summed E-state index contributed by atoms with van der Waals surface area (Å²) in [5.74, 6) is 0.573. The van der Waals surface area contributed by atoms with E-state index >= 15 is 0 Å². The molecule has 0 aromatic heterocycles. The van der Waals surface area contributed by atoms with E-state index in [-0.39, 0.29) is 5.75 Å². The fourth-order valence-corrected chi connectivity index (χ4v) is 1.77. The molecule has 1 aromatic carbocycles. The van der Waals surface area contributed by atoms with E-state index in [0.29, 0.717) is 25.3 Å². The maximum absolute atomic E-state index is 9.94. The molecule has 4 nitrogen and oxygen atoms in total. The van der Waals surface area contributed by atoms with Crippen molar-refractivity contribution in [3.05, 3.63) is 23.8 Å². The summed E-state index contributed by atoms with van der Waals surface area (Å²) in [4.78, 5) is 0. The summed E-state index contributed by atoms with van der Waals surface area (Å²) < 4.78 is 5.00. The van der Waals surface area contributed by atoms with Gasteiger partial charge in [0.15, 0.2) is 11.5 Å². The molecule has 3 N–H and O–H groups in total. The Hall–Kier alpha value is -1.26. The first-order valence-electron chi connectivity index (χ1n) is 4.92. The Labute approximate surface area is 88.5 Å². The molecule has 0 spiro atoms. The van der Waals surface area contributed by atoms with Crippen LogP contribution in [-0.4, -0.2) is 36.0 Å². The monoisotopic (exact) mass is 209 g/mol. The van der Waals surface area contributed by atoms with Gasteiger partial charge in [0.05, 0.1) is 12.7 Å². The Morgan fingerprint density at radius 2 is 2.20 bits per heavy atom. The van der Waals surface area contributed by atoms with Gasteiger partial charge >= 0.3 is 0 Å². The molecule has 0 amide bonds. The summed E-state index contributed by atoms with van der Waals surface area (Å²) >= 11 is 0. The quantitative estimate of drug-likeness (QED) is 0.669. The average Bonchev–Trinajstić information content (AvgIpc) is 2.19. The van der Waals surface area contributed by atoms with E-state index in [4.69, 9.17) is 4.74 Å². The zero-order chi connectivity index (χ0) is 10.9. The molecule has 0 atom stereocenters. The summed E-state index contributed by atoms with van der Waals surface area (Å²) in [6.07, 6.45) is 0.447. The Morgan fingerprint density at radius 3 is 2.73 bits per heavy atom. The second kappa shape index (κ2) is 3.72. The second-order valence-electron chi connectivity index (χ2n) is 3.97. The zero-order valence-corrected chi connectivity index (χ0v) is 8.66. The number of methoxy groups -OCH3 is 1. The van der Waals surface area contributed by atoms with E-state index in [2.05, 4.69) is 5.32 Å². The summed E-state index contributed by atoms with van der Waals surface area (Å²) in [7, 11) is 1.51. The molecule has 1 saturated heterocycles. The van der Waals surface area contributed by atoms with Gasteiger partial charge in [0.2, 0.25) is 0 Å². The van der Waals surface area contributed by atoms with Crippen molar-refractivity contribution in [2.75, 3.05) is 20.2 Å². The maximum atomic E-state index is 9.94. The van der Waals surface area contributed by atoms with Gasteiger partial charge in [0, 0.05) is 25.1 Å². The molecule has 1 aliphatic rings. The molecule has 1 fully saturated rings. The van der Waals surface area contributed by atoms with E-state index in [0.717, 1.165) is 5.56 Å². The standard InChI is InChI=1S/C11H15NO3/c1-15-9-4-2-3-8(10(9)13)5-11(14)6-12-7-11/h2-4,12-14H,5-7H2,1H3. The minimum absolute atomic E-state index is 0.125. The van der Waals surface area contributed by atoms with Crippen molar-refractivity contribution in [2.24, 2.45) is 0 Å². The van der Waals surface area contributed by atoms with Gasteiger partial charge in [-0.15, -0.1) is 0 Å². The number of hydrogen-bond acceptors (Lipinski definition) is 4. The van der Waals surface area contributed by atoms with Gasteiger partial charge < -0.3 is 20.3 Å². The lowest BCUT2D eigenvalue weighted by Crippen LogP contribution is -2.60. The molecule has 1 aromatic rings. The molecule has 15 heavy (non-hydrogen) atoms. The average molecular weight is 209 g/mol. The van der Waals surface area contributed by atoms with Gasteiger partial charge in [-0.1, -0.05) is 12.1 Å². The number of β-amino-alcohol motifs (C(OH)–C–C–N with tert-alkyl or cyclic N) is 1. The van der Waals surface area contributed by atoms with E-state index in [1.165, 1.54) is 7.11 Å². The van der Waals surface area contributed by atoms with Crippen LogP contribution in [0.4, 0.5) is 0 Å². The molecule has 0 unspecified atom stereocenters. The van der Waals surface area contributed by atoms with Crippen molar-refractivity contribution in [1.29, 1.82) is 0 Å².